The Morgan fingerprint density at radius 1 is 0.952 bits per heavy atom. The summed E-state index contributed by atoms with van der Waals surface area (Å²) in [7, 11) is 0. The maximum Gasteiger partial charge on any atom is 0.132 e. The number of para-hydroxylation sites is 1. The maximum absolute atomic E-state index is 13.7. The average molecular weight is 287 g/mol. The van der Waals surface area contributed by atoms with Gasteiger partial charge in [-0.1, -0.05) is 24.3 Å². The Morgan fingerprint density at radius 3 is 2.29 bits per heavy atom. The highest BCUT2D eigenvalue weighted by atomic mass is 19.1. The van der Waals surface area contributed by atoms with E-state index >= 15 is 0 Å². The van der Waals surface area contributed by atoms with Gasteiger partial charge in [-0.2, -0.15) is 15.0 Å². The summed E-state index contributed by atoms with van der Waals surface area (Å²) >= 11 is 0. The van der Waals surface area contributed by atoms with E-state index in [1.807, 2.05) is 18.2 Å². The summed E-state index contributed by atoms with van der Waals surface area (Å²) in [5.74, 6) is -1.64. The minimum absolute atomic E-state index is 0.0721. The molecule has 0 spiro atoms. The lowest BCUT2D eigenvalue weighted by Gasteiger charge is -2.09. The number of nitrogens with zero attached hydrogens (tertiary/aromatic N) is 3. The van der Waals surface area contributed by atoms with Crippen molar-refractivity contribution in [2.45, 2.75) is 6.10 Å². The molecule has 0 saturated heterocycles. The topological polar surface area (TPSA) is 50.9 Å². The van der Waals surface area contributed by atoms with Crippen LogP contribution < -0.4 is 0 Å². The highest BCUT2D eigenvalue weighted by Crippen LogP contribution is 2.25. The molecule has 1 N–H and O–H groups in total. The number of aromatic nitrogens is 3. The van der Waals surface area contributed by atoms with Gasteiger partial charge in [0.2, 0.25) is 0 Å². The zero-order valence-electron chi connectivity index (χ0n) is 10.8. The molecule has 1 atom stereocenters. The second-order valence-corrected chi connectivity index (χ2v) is 4.43. The van der Waals surface area contributed by atoms with E-state index in [1.165, 1.54) is 17.1 Å². The fraction of sp³-hybridized carbons (Fsp3) is 0.0667. The molecule has 4 nitrogen and oxygen atoms in total. The maximum atomic E-state index is 13.7. The molecule has 0 saturated carbocycles. The summed E-state index contributed by atoms with van der Waals surface area (Å²) in [5, 5.41) is 18.2. The van der Waals surface area contributed by atoms with Crippen LogP contribution in [0.1, 0.15) is 17.4 Å². The summed E-state index contributed by atoms with van der Waals surface area (Å²) in [6.45, 7) is 0. The van der Waals surface area contributed by atoms with Crippen LogP contribution in [-0.2, 0) is 0 Å². The number of rotatable bonds is 3. The van der Waals surface area contributed by atoms with Crippen LogP contribution in [0.3, 0.4) is 0 Å². The quantitative estimate of drug-likeness (QED) is 0.805. The van der Waals surface area contributed by atoms with Crippen molar-refractivity contribution in [2.75, 3.05) is 0 Å². The second-order valence-electron chi connectivity index (χ2n) is 4.43. The zero-order chi connectivity index (χ0) is 14.8. The Balaban J connectivity index is 1.97. The molecular weight excluding hydrogens is 276 g/mol. The van der Waals surface area contributed by atoms with Crippen LogP contribution in [0, 0.1) is 11.6 Å². The van der Waals surface area contributed by atoms with Gasteiger partial charge in [0.25, 0.3) is 0 Å². The SMILES string of the molecule is OC(c1cnn(-c2ccccc2)n1)c1c(F)cccc1F. The molecule has 106 valence electrons. The molecule has 0 aliphatic rings. The van der Waals surface area contributed by atoms with Gasteiger partial charge in [-0.3, -0.25) is 0 Å². The van der Waals surface area contributed by atoms with Gasteiger partial charge in [-0.25, -0.2) is 8.78 Å². The van der Waals surface area contributed by atoms with Crippen molar-refractivity contribution >= 4 is 0 Å². The first-order valence-corrected chi connectivity index (χ1v) is 6.26. The molecule has 0 aliphatic carbocycles. The van der Waals surface area contributed by atoms with Crippen LogP contribution in [0.25, 0.3) is 5.69 Å². The van der Waals surface area contributed by atoms with Crippen LogP contribution >= 0.6 is 0 Å². The molecule has 1 aromatic heterocycles. The van der Waals surface area contributed by atoms with Crippen molar-refractivity contribution in [2.24, 2.45) is 0 Å². The van der Waals surface area contributed by atoms with Gasteiger partial charge in [0, 0.05) is 0 Å². The molecule has 0 radical (unpaired) electrons. The van der Waals surface area contributed by atoms with E-state index in [-0.39, 0.29) is 5.69 Å². The van der Waals surface area contributed by atoms with Gasteiger partial charge in [0.05, 0.1) is 17.4 Å². The van der Waals surface area contributed by atoms with Gasteiger partial charge in [-0.15, -0.1) is 0 Å². The Morgan fingerprint density at radius 2 is 1.62 bits per heavy atom. The van der Waals surface area contributed by atoms with Gasteiger partial charge in [0.1, 0.15) is 23.4 Å². The van der Waals surface area contributed by atoms with Crippen LogP contribution in [0.4, 0.5) is 8.78 Å². The molecule has 0 amide bonds. The number of hydrogen-bond acceptors (Lipinski definition) is 3. The molecular formula is C15H11F2N3O. The Labute approximate surface area is 119 Å². The smallest absolute Gasteiger partial charge is 0.132 e. The summed E-state index contributed by atoms with van der Waals surface area (Å²) in [6.07, 6.45) is -0.229. The molecule has 3 rings (SSSR count). The van der Waals surface area contributed by atoms with Gasteiger partial charge in [-0.05, 0) is 24.3 Å². The van der Waals surface area contributed by atoms with Crippen molar-refractivity contribution in [1.29, 1.82) is 0 Å². The minimum Gasteiger partial charge on any atom is -0.382 e. The van der Waals surface area contributed by atoms with E-state index in [4.69, 9.17) is 0 Å². The third-order valence-electron chi connectivity index (χ3n) is 3.05. The third kappa shape index (κ3) is 2.53. The van der Waals surface area contributed by atoms with Crippen molar-refractivity contribution in [3.8, 4) is 5.69 Å². The highest BCUT2D eigenvalue weighted by molar-refractivity contribution is 5.30. The number of halogens is 2. The van der Waals surface area contributed by atoms with Crippen molar-refractivity contribution in [3.63, 3.8) is 0 Å². The molecule has 21 heavy (non-hydrogen) atoms. The van der Waals surface area contributed by atoms with E-state index in [9.17, 15) is 13.9 Å². The predicted molar refractivity (Wildman–Crippen MR) is 71.8 cm³/mol. The van der Waals surface area contributed by atoms with Crippen molar-refractivity contribution < 1.29 is 13.9 Å². The summed E-state index contributed by atoms with van der Waals surface area (Å²) in [5.41, 5.74) is 0.324. The average Bonchev–Trinajstić information content (AvgIpc) is 2.97. The molecule has 2 aromatic carbocycles. The number of benzene rings is 2. The first kappa shape index (κ1) is 13.4. The van der Waals surface area contributed by atoms with Crippen molar-refractivity contribution in [3.05, 3.63) is 77.6 Å². The van der Waals surface area contributed by atoms with Gasteiger partial charge < -0.3 is 5.11 Å². The van der Waals surface area contributed by atoms with Crippen LogP contribution in [0.15, 0.2) is 54.7 Å². The fourth-order valence-electron chi connectivity index (χ4n) is 2.01. The standard InChI is InChI=1S/C15H11F2N3O/c16-11-7-4-8-12(17)14(11)15(21)13-9-18-20(19-13)10-5-2-1-3-6-10/h1-9,15,21H. The Kier molecular flexibility index (Phi) is 3.45. The lowest BCUT2D eigenvalue weighted by atomic mass is 10.1. The number of aliphatic hydroxyl groups excluding tert-OH is 1. The Bertz CT molecular complexity index is 738. The second kappa shape index (κ2) is 5.41. The van der Waals surface area contributed by atoms with Gasteiger partial charge in [0.15, 0.2) is 0 Å². The van der Waals surface area contributed by atoms with E-state index in [0.717, 1.165) is 12.1 Å². The van der Waals surface area contributed by atoms with Crippen LogP contribution in [-0.4, -0.2) is 20.1 Å². The van der Waals surface area contributed by atoms with E-state index < -0.39 is 23.3 Å². The minimum atomic E-state index is -1.51. The molecule has 0 fully saturated rings. The molecule has 6 heteroatoms. The Hall–Kier alpha value is -2.60. The van der Waals surface area contributed by atoms with E-state index in [1.54, 1.807) is 12.1 Å². The van der Waals surface area contributed by atoms with Crippen molar-refractivity contribution in [1.82, 2.24) is 15.0 Å². The molecule has 3 aromatic rings. The van der Waals surface area contributed by atoms with E-state index in [2.05, 4.69) is 10.2 Å². The normalized spacial score (nSPS) is 12.3. The lowest BCUT2D eigenvalue weighted by molar-refractivity contribution is 0.203. The number of aliphatic hydroxyl groups is 1. The lowest BCUT2D eigenvalue weighted by Crippen LogP contribution is -2.07. The van der Waals surface area contributed by atoms with Gasteiger partial charge >= 0.3 is 0 Å². The van der Waals surface area contributed by atoms with E-state index in [0.29, 0.717) is 5.69 Å². The fourth-order valence-corrected chi connectivity index (χ4v) is 2.01. The summed E-state index contributed by atoms with van der Waals surface area (Å²) < 4.78 is 27.3. The monoisotopic (exact) mass is 287 g/mol. The predicted octanol–water partition coefficient (Wildman–Crippen LogP) is 2.63. The zero-order valence-corrected chi connectivity index (χ0v) is 10.8. The van der Waals surface area contributed by atoms with Crippen LogP contribution in [0.5, 0.6) is 0 Å². The first-order chi connectivity index (χ1) is 10.2. The molecule has 1 unspecified atom stereocenters. The van der Waals surface area contributed by atoms with Crippen LogP contribution in [0.2, 0.25) is 0 Å². The summed E-state index contributed by atoms with van der Waals surface area (Å²) in [4.78, 5) is 1.29. The first-order valence-electron chi connectivity index (χ1n) is 6.26. The number of hydrogen-bond donors (Lipinski definition) is 1. The molecule has 0 aliphatic heterocycles. The largest absolute Gasteiger partial charge is 0.382 e. The molecule has 1 heterocycles. The summed E-state index contributed by atoms with van der Waals surface area (Å²) in [6, 6.07) is 12.4. The third-order valence-corrected chi connectivity index (χ3v) is 3.05. The molecule has 0 bridgehead atoms. The highest BCUT2D eigenvalue weighted by Gasteiger charge is 2.22.